The minimum absolute atomic E-state index is 0.426. The highest BCUT2D eigenvalue weighted by Crippen LogP contribution is 2.30. The summed E-state index contributed by atoms with van der Waals surface area (Å²) in [6.45, 7) is 1.06. The summed E-state index contributed by atoms with van der Waals surface area (Å²) in [5.74, 6) is 0. The van der Waals surface area contributed by atoms with Gasteiger partial charge in [0.25, 0.3) is 0 Å². The van der Waals surface area contributed by atoms with E-state index in [4.69, 9.17) is 0 Å². The topological polar surface area (TPSA) is 42.7 Å². The van der Waals surface area contributed by atoms with Crippen LogP contribution in [0.5, 0.6) is 0 Å². The third-order valence-electron chi connectivity index (χ3n) is 3.88. The monoisotopic (exact) mass is 296 g/mol. The molecule has 0 spiro atoms. The summed E-state index contributed by atoms with van der Waals surface area (Å²) in [6.07, 6.45) is 5.55. The molecule has 0 bridgehead atoms. The molecule has 0 amide bonds. The Morgan fingerprint density at radius 3 is 3.05 bits per heavy atom. The summed E-state index contributed by atoms with van der Waals surface area (Å²) in [7, 11) is 0. The third-order valence-corrected chi connectivity index (χ3v) is 4.96. The van der Waals surface area contributed by atoms with Gasteiger partial charge in [0.15, 0.2) is 0 Å². The van der Waals surface area contributed by atoms with Crippen LogP contribution in [-0.4, -0.2) is 21.5 Å². The molecule has 5 heteroatoms. The van der Waals surface area contributed by atoms with Crippen molar-refractivity contribution >= 4 is 11.3 Å². The van der Waals surface area contributed by atoms with Crippen molar-refractivity contribution in [2.45, 2.75) is 18.9 Å². The van der Waals surface area contributed by atoms with Gasteiger partial charge in [-0.25, -0.2) is 0 Å². The first-order chi connectivity index (χ1) is 10.4. The van der Waals surface area contributed by atoms with Crippen LogP contribution in [0.1, 0.15) is 22.0 Å². The molecule has 4 rings (SSSR count). The van der Waals surface area contributed by atoms with Gasteiger partial charge in [0.05, 0.1) is 18.1 Å². The van der Waals surface area contributed by atoms with Crippen molar-refractivity contribution in [1.29, 1.82) is 0 Å². The molecule has 0 saturated heterocycles. The van der Waals surface area contributed by atoms with Gasteiger partial charge in [0, 0.05) is 10.9 Å². The lowest BCUT2D eigenvalue weighted by atomic mass is 9.97. The molecule has 0 radical (unpaired) electrons. The molecule has 0 fully saturated rings. The Morgan fingerprint density at radius 2 is 2.14 bits per heavy atom. The molecule has 2 aromatic heterocycles. The van der Waals surface area contributed by atoms with Crippen molar-refractivity contribution in [3.8, 4) is 5.69 Å². The van der Waals surface area contributed by atoms with Gasteiger partial charge in [-0.05, 0) is 54.1 Å². The van der Waals surface area contributed by atoms with Crippen LogP contribution in [0.25, 0.3) is 5.69 Å². The molecule has 3 aromatic rings. The zero-order chi connectivity index (χ0) is 14.1. The van der Waals surface area contributed by atoms with Gasteiger partial charge >= 0.3 is 0 Å². The Labute approximate surface area is 127 Å². The maximum absolute atomic E-state index is 4.19. The number of hydrogen-bond donors (Lipinski definition) is 1. The van der Waals surface area contributed by atoms with Crippen LogP contribution in [-0.2, 0) is 12.8 Å². The number of benzene rings is 1. The highest BCUT2D eigenvalue weighted by atomic mass is 32.1. The van der Waals surface area contributed by atoms with Crippen LogP contribution in [0.3, 0.4) is 0 Å². The van der Waals surface area contributed by atoms with E-state index in [0.29, 0.717) is 6.04 Å². The van der Waals surface area contributed by atoms with E-state index in [1.807, 2.05) is 17.4 Å². The predicted molar refractivity (Wildman–Crippen MR) is 83.8 cm³/mol. The number of hydrogen-bond acceptors (Lipinski definition) is 4. The quantitative estimate of drug-likeness (QED) is 0.808. The molecule has 4 nitrogen and oxygen atoms in total. The average Bonchev–Trinajstić information content (AvgIpc) is 3.20. The van der Waals surface area contributed by atoms with Crippen molar-refractivity contribution in [3.05, 3.63) is 64.1 Å². The zero-order valence-corrected chi connectivity index (χ0v) is 12.4. The highest BCUT2D eigenvalue weighted by molar-refractivity contribution is 7.10. The van der Waals surface area contributed by atoms with E-state index in [1.54, 1.807) is 17.2 Å². The Hall–Kier alpha value is -1.98. The zero-order valence-electron chi connectivity index (χ0n) is 11.6. The van der Waals surface area contributed by atoms with E-state index in [0.717, 1.165) is 25.1 Å². The van der Waals surface area contributed by atoms with E-state index >= 15 is 0 Å². The second kappa shape index (κ2) is 5.42. The first kappa shape index (κ1) is 12.7. The fourth-order valence-corrected chi connectivity index (χ4v) is 3.92. The molecule has 1 aliphatic rings. The second-order valence-corrected chi connectivity index (χ2v) is 6.21. The molecule has 0 aliphatic carbocycles. The van der Waals surface area contributed by atoms with Crippen LogP contribution in [0.4, 0.5) is 0 Å². The lowest BCUT2D eigenvalue weighted by Crippen LogP contribution is -2.29. The maximum Gasteiger partial charge on any atom is 0.0859 e. The van der Waals surface area contributed by atoms with Gasteiger partial charge in [-0.1, -0.05) is 12.1 Å². The first-order valence-electron chi connectivity index (χ1n) is 7.15. The smallest absolute Gasteiger partial charge is 0.0859 e. The van der Waals surface area contributed by atoms with E-state index in [9.17, 15) is 0 Å². The van der Waals surface area contributed by atoms with E-state index in [2.05, 4.69) is 45.2 Å². The number of fused-ring (bicyclic) bond motifs is 1. The summed E-state index contributed by atoms with van der Waals surface area (Å²) in [6, 6.07) is 11.1. The lowest BCUT2D eigenvalue weighted by molar-refractivity contribution is 0.512. The molecule has 1 atom stereocenters. The number of nitrogens with zero attached hydrogens (tertiary/aromatic N) is 3. The summed E-state index contributed by atoms with van der Waals surface area (Å²) in [4.78, 5) is 3.15. The second-order valence-electron chi connectivity index (χ2n) is 5.26. The van der Waals surface area contributed by atoms with Crippen molar-refractivity contribution in [2.75, 3.05) is 6.54 Å². The van der Waals surface area contributed by atoms with Crippen LogP contribution in [0, 0.1) is 0 Å². The summed E-state index contributed by atoms with van der Waals surface area (Å²) < 4.78 is 0. The van der Waals surface area contributed by atoms with Crippen molar-refractivity contribution < 1.29 is 0 Å². The fourth-order valence-electron chi connectivity index (χ4n) is 2.89. The molecular formula is C16H16N4S. The van der Waals surface area contributed by atoms with Gasteiger partial charge < -0.3 is 5.32 Å². The molecule has 1 aromatic carbocycles. The summed E-state index contributed by atoms with van der Waals surface area (Å²) in [5, 5.41) is 14.2. The molecular weight excluding hydrogens is 280 g/mol. The first-order valence-corrected chi connectivity index (χ1v) is 8.03. The molecule has 3 heterocycles. The van der Waals surface area contributed by atoms with Crippen LogP contribution < -0.4 is 5.32 Å². The summed E-state index contributed by atoms with van der Waals surface area (Å²) in [5.41, 5.74) is 3.83. The van der Waals surface area contributed by atoms with E-state index in [-0.39, 0.29) is 0 Å². The molecule has 1 aliphatic heterocycles. The minimum atomic E-state index is 0.426. The third kappa shape index (κ3) is 2.50. The van der Waals surface area contributed by atoms with Crippen LogP contribution >= 0.6 is 11.3 Å². The van der Waals surface area contributed by atoms with Gasteiger partial charge in [-0.2, -0.15) is 15.0 Å². The fraction of sp³-hybridized carbons (Fsp3) is 0.250. The van der Waals surface area contributed by atoms with Crippen molar-refractivity contribution in [1.82, 2.24) is 20.3 Å². The van der Waals surface area contributed by atoms with Gasteiger partial charge in [0.2, 0.25) is 0 Å². The highest BCUT2D eigenvalue weighted by Gasteiger charge is 2.21. The number of nitrogens with one attached hydrogen (secondary N) is 1. The number of rotatable bonds is 3. The summed E-state index contributed by atoms with van der Waals surface area (Å²) >= 11 is 1.86. The van der Waals surface area contributed by atoms with Gasteiger partial charge in [-0.15, -0.1) is 11.3 Å². The minimum Gasteiger partial charge on any atom is -0.309 e. The lowest BCUT2D eigenvalue weighted by Gasteiger charge is -2.24. The average molecular weight is 296 g/mol. The largest absolute Gasteiger partial charge is 0.309 e. The normalized spacial score (nSPS) is 17.6. The van der Waals surface area contributed by atoms with E-state index in [1.165, 1.54) is 16.0 Å². The number of aromatic nitrogens is 3. The Morgan fingerprint density at radius 1 is 1.24 bits per heavy atom. The predicted octanol–water partition coefficient (Wildman–Crippen LogP) is 2.76. The maximum atomic E-state index is 4.19. The number of thiophene rings is 1. The SMILES string of the molecule is c1cc(CC2NCCc3ccsc32)cc(-n2nccn2)c1. The molecule has 21 heavy (non-hydrogen) atoms. The van der Waals surface area contributed by atoms with Crippen molar-refractivity contribution in [2.24, 2.45) is 0 Å². The molecule has 106 valence electrons. The Bertz CT molecular complexity index is 732. The molecule has 1 unspecified atom stereocenters. The Kier molecular flexibility index (Phi) is 3.29. The standard InChI is InChI=1S/C16H16N4S/c1-2-12(10-14(3-1)20-18-7-8-19-20)11-15-16-13(4-6-17-15)5-9-21-16/h1-3,5,7-10,15,17H,4,6,11H2. The van der Waals surface area contributed by atoms with Gasteiger partial charge in [-0.3, -0.25) is 0 Å². The van der Waals surface area contributed by atoms with Crippen LogP contribution in [0.2, 0.25) is 0 Å². The van der Waals surface area contributed by atoms with Gasteiger partial charge in [0.1, 0.15) is 0 Å². The Balaban J connectivity index is 1.60. The van der Waals surface area contributed by atoms with Crippen LogP contribution in [0.15, 0.2) is 48.1 Å². The molecule has 1 N–H and O–H groups in total. The molecule has 0 saturated carbocycles. The van der Waals surface area contributed by atoms with Crippen molar-refractivity contribution in [3.63, 3.8) is 0 Å². The van der Waals surface area contributed by atoms with E-state index < -0.39 is 0 Å².